The van der Waals surface area contributed by atoms with Crippen LogP contribution >= 0.6 is 23.2 Å². The zero-order valence-electron chi connectivity index (χ0n) is 21.7. The molecule has 3 aromatic rings. The number of rotatable bonds is 7. The summed E-state index contributed by atoms with van der Waals surface area (Å²) in [6, 6.07) is 8.66. The van der Waals surface area contributed by atoms with Gasteiger partial charge in [0.15, 0.2) is 22.5 Å². The Labute approximate surface area is 232 Å². The van der Waals surface area contributed by atoms with Crippen LogP contribution < -0.4 is 10.6 Å². The number of aliphatic hydroxyl groups is 1. The van der Waals surface area contributed by atoms with Gasteiger partial charge >= 0.3 is 0 Å². The number of aryl methyl sites for hydroxylation is 1. The molecule has 1 aromatic carbocycles. The Bertz CT molecular complexity index is 1230. The van der Waals surface area contributed by atoms with E-state index in [2.05, 4.69) is 41.8 Å². The maximum Gasteiger partial charge on any atom is 0.270 e. The molecule has 10 nitrogen and oxygen atoms in total. The SMILES string of the molecule is CC[C@H]1CN(c2nc(N)c(-c3nnc(C)o3)nc2Cl)CCN1C1CCN([C@@H](CO)c2ccc(Cl)cc2)CC1. The first-order valence-corrected chi connectivity index (χ1v) is 13.9. The van der Waals surface area contributed by atoms with Crippen molar-refractivity contribution in [2.75, 3.05) is 50.0 Å². The summed E-state index contributed by atoms with van der Waals surface area (Å²) in [4.78, 5) is 16.2. The van der Waals surface area contributed by atoms with E-state index in [1.165, 1.54) is 0 Å². The van der Waals surface area contributed by atoms with Crippen molar-refractivity contribution in [3.05, 3.63) is 45.9 Å². The number of nitrogens with two attached hydrogens (primary N) is 1. The number of piperidine rings is 1. The first-order valence-electron chi connectivity index (χ1n) is 13.1. The first kappa shape index (κ1) is 27.1. The molecule has 2 fully saturated rings. The van der Waals surface area contributed by atoms with Gasteiger partial charge in [-0.2, -0.15) is 0 Å². The number of hydrogen-bond donors (Lipinski definition) is 2. The number of likely N-dealkylation sites (tertiary alicyclic amines) is 1. The lowest BCUT2D eigenvalue weighted by atomic mass is 9.96. The Balaban J connectivity index is 1.23. The molecule has 3 N–H and O–H groups in total. The van der Waals surface area contributed by atoms with Crippen molar-refractivity contribution in [1.29, 1.82) is 0 Å². The third kappa shape index (κ3) is 5.60. The van der Waals surface area contributed by atoms with Gasteiger partial charge in [0.25, 0.3) is 5.89 Å². The van der Waals surface area contributed by atoms with E-state index >= 15 is 0 Å². The van der Waals surface area contributed by atoms with E-state index in [1.807, 2.05) is 24.3 Å². The standard InChI is InChI=1S/C26H34Cl2N8O2/c1-3-19-14-35(25-23(28)30-22(24(29)31-25)26-33-32-16(2)38-26)12-13-36(19)20-8-10-34(11-9-20)21(15-37)17-4-6-18(27)7-5-17/h4-7,19-21,37H,3,8-15H2,1-2H3,(H2,29,31)/t19-,21-/m0/s1. The molecule has 4 heterocycles. The second-order valence-corrected chi connectivity index (χ2v) is 10.8. The summed E-state index contributed by atoms with van der Waals surface area (Å²) in [6.07, 6.45) is 3.14. The molecule has 2 saturated heterocycles. The molecule has 2 aromatic heterocycles. The minimum absolute atomic E-state index is 0.00254. The molecule has 38 heavy (non-hydrogen) atoms. The van der Waals surface area contributed by atoms with Gasteiger partial charge in [-0.3, -0.25) is 9.80 Å². The third-order valence-corrected chi connectivity index (χ3v) is 8.23. The molecule has 0 radical (unpaired) electrons. The average Bonchev–Trinajstić information content (AvgIpc) is 3.37. The molecule has 0 spiro atoms. The number of aliphatic hydroxyl groups excluding tert-OH is 1. The minimum Gasteiger partial charge on any atom is -0.420 e. The van der Waals surface area contributed by atoms with E-state index in [9.17, 15) is 5.11 Å². The number of benzene rings is 1. The molecular weight excluding hydrogens is 527 g/mol. The average molecular weight is 562 g/mol. The van der Waals surface area contributed by atoms with Crippen molar-refractivity contribution in [2.45, 2.75) is 51.2 Å². The van der Waals surface area contributed by atoms with Crippen molar-refractivity contribution >= 4 is 34.8 Å². The van der Waals surface area contributed by atoms with Crippen molar-refractivity contribution in [1.82, 2.24) is 30.0 Å². The highest BCUT2D eigenvalue weighted by Gasteiger charge is 2.35. The van der Waals surface area contributed by atoms with E-state index in [4.69, 9.17) is 33.4 Å². The molecule has 12 heteroatoms. The Morgan fingerprint density at radius 2 is 1.82 bits per heavy atom. The van der Waals surface area contributed by atoms with E-state index in [-0.39, 0.29) is 29.5 Å². The summed E-state index contributed by atoms with van der Waals surface area (Å²) < 4.78 is 5.46. The summed E-state index contributed by atoms with van der Waals surface area (Å²) >= 11 is 12.6. The molecular formula is C26H34Cl2N8O2. The molecule has 0 amide bonds. The Kier molecular flexibility index (Phi) is 8.35. The summed E-state index contributed by atoms with van der Waals surface area (Å²) in [5, 5.41) is 18.9. The minimum atomic E-state index is -0.00254. The van der Waals surface area contributed by atoms with Crippen LogP contribution in [0, 0.1) is 6.92 Å². The van der Waals surface area contributed by atoms with Crippen LogP contribution in [0.2, 0.25) is 10.2 Å². The smallest absolute Gasteiger partial charge is 0.270 e. The molecule has 204 valence electrons. The summed E-state index contributed by atoms with van der Waals surface area (Å²) in [7, 11) is 0. The largest absolute Gasteiger partial charge is 0.420 e. The van der Waals surface area contributed by atoms with E-state index < -0.39 is 0 Å². The Hall–Kier alpha value is -2.50. The number of piperazine rings is 1. The molecule has 2 atom stereocenters. The zero-order valence-corrected chi connectivity index (χ0v) is 23.2. The van der Waals surface area contributed by atoms with Gasteiger partial charge in [0.2, 0.25) is 5.89 Å². The molecule has 0 unspecified atom stereocenters. The van der Waals surface area contributed by atoms with Crippen LogP contribution in [0.5, 0.6) is 0 Å². The van der Waals surface area contributed by atoms with Gasteiger partial charge in [0, 0.05) is 56.8 Å². The number of aromatic nitrogens is 4. The van der Waals surface area contributed by atoms with Crippen LogP contribution in [0.25, 0.3) is 11.6 Å². The topological polar surface area (TPSA) is 121 Å². The fraction of sp³-hybridized carbons (Fsp3) is 0.538. The monoisotopic (exact) mass is 560 g/mol. The van der Waals surface area contributed by atoms with Gasteiger partial charge in [-0.1, -0.05) is 42.3 Å². The third-order valence-electron chi connectivity index (χ3n) is 7.73. The molecule has 0 aliphatic carbocycles. The predicted octanol–water partition coefficient (Wildman–Crippen LogP) is 3.82. The molecule has 0 saturated carbocycles. The van der Waals surface area contributed by atoms with Crippen LogP contribution in [0.3, 0.4) is 0 Å². The Morgan fingerprint density at radius 3 is 2.45 bits per heavy atom. The fourth-order valence-corrected chi connectivity index (χ4v) is 6.09. The van der Waals surface area contributed by atoms with Gasteiger partial charge < -0.3 is 20.2 Å². The molecule has 5 rings (SSSR count). The highest BCUT2D eigenvalue weighted by Crippen LogP contribution is 2.33. The summed E-state index contributed by atoms with van der Waals surface area (Å²) in [5.74, 6) is 1.44. The van der Waals surface area contributed by atoms with Gasteiger partial charge in [-0.25, -0.2) is 9.97 Å². The summed E-state index contributed by atoms with van der Waals surface area (Å²) in [5.41, 5.74) is 7.63. The lowest BCUT2D eigenvalue weighted by Crippen LogP contribution is -2.58. The van der Waals surface area contributed by atoms with Crippen molar-refractivity contribution in [2.24, 2.45) is 0 Å². The first-order chi connectivity index (χ1) is 18.4. The zero-order chi connectivity index (χ0) is 26.8. The molecule has 2 aliphatic rings. The van der Waals surface area contributed by atoms with Crippen molar-refractivity contribution in [3.63, 3.8) is 0 Å². The van der Waals surface area contributed by atoms with Crippen LogP contribution in [-0.2, 0) is 0 Å². The van der Waals surface area contributed by atoms with Crippen LogP contribution in [0.15, 0.2) is 28.7 Å². The van der Waals surface area contributed by atoms with Crippen LogP contribution in [0.1, 0.15) is 43.7 Å². The second-order valence-electron chi connectivity index (χ2n) is 9.96. The number of anilines is 2. The summed E-state index contributed by atoms with van der Waals surface area (Å²) in [6.45, 7) is 8.40. The number of nitrogens with zero attached hydrogens (tertiary/aromatic N) is 7. The lowest BCUT2D eigenvalue weighted by molar-refractivity contribution is 0.0356. The van der Waals surface area contributed by atoms with Gasteiger partial charge in [-0.15, -0.1) is 10.2 Å². The Morgan fingerprint density at radius 1 is 1.08 bits per heavy atom. The van der Waals surface area contributed by atoms with Gasteiger partial charge in [0.05, 0.1) is 12.6 Å². The predicted molar refractivity (Wildman–Crippen MR) is 148 cm³/mol. The van der Waals surface area contributed by atoms with Crippen molar-refractivity contribution < 1.29 is 9.52 Å². The molecule has 0 bridgehead atoms. The van der Waals surface area contributed by atoms with Crippen LogP contribution in [-0.4, -0.2) is 86.5 Å². The van der Waals surface area contributed by atoms with E-state index in [0.29, 0.717) is 34.5 Å². The maximum absolute atomic E-state index is 10.1. The highest BCUT2D eigenvalue weighted by molar-refractivity contribution is 6.32. The fourth-order valence-electron chi connectivity index (χ4n) is 5.72. The number of hydrogen-bond acceptors (Lipinski definition) is 10. The van der Waals surface area contributed by atoms with E-state index in [1.54, 1.807) is 6.92 Å². The second kappa shape index (κ2) is 11.7. The van der Waals surface area contributed by atoms with Crippen molar-refractivity contribution in [3.8, 4) is 11.6 Å². The molecule has 2 aliphatic heterocycles. The van der Waals surface area contributed by atoms with Gasteiger partial charge in [0.1, 0.15) is 0 Å². The van der Waals surface area contributed by atoms with Gasteiger partial charge in [-0.05, 0) is 37.0 Å². The lowest BCUT2D eigenvalue weighted by Gasteiger charge is -2.48. The van der Waals surface area contributed by atoms with Crippen LogP contribution in [0.4, 0.5) is 11.6 Å². The normalized spacial score (nSPS) is 20.7. The van der Waals surface area contributed by atoms with E-state index in [0.717, 1.165) is 57.5 Å². The quantitative estimate of drug-likeness (QED) is 0.441. The number of halogens is 2. The highest BCUT2D eigenvalue weighted by atomic mass is 35.5. The number of nitrogen functional groups attached to an aromatic ring is 1. The maximum atomic E-state index is 10.1.